The van der Waals surface area contributed by atoms with Crippen molar-refractivity contribution in [3.8, 4) is 5.75 Å². The number of aliphatic hydroxyl groups is 3. The molecule has 142 valence electrons. The van der Waals surface area contributed by atoms with Crippen molar-refractivity contribution in [1.82, 2.24) is 0 Å². The van der Waals surface area contributed by atoms with E-state index in [2.05, 4.69) is 6.58 Å². The van der Waals surface area contributed by atoms with Gasteiger partial charge in [0, 0.05) is 11.8 Å². The number of hydrogen-bond acceptors (Lipinski definition) is 4. The molecular weight excluding hydrogens is 347 g/mol. The summed E-state index contributed by atoms with van der Waals surface area (Å²) in [5.41, 5.74) is 1.41. The highest BCUT2D eigenvalue weighted by molar-refractivity contribution is 5.39. The highest BCUT2D eigenvalue weighted by atomic mass is 19.1. The van der Waals surface area contributed by atoms with Gasteiger partial charge in [-0.2, -0.15) is 0 Å². The minimum absolute atomic E-state index is 0.284. The molecule has 2 aromatic carbocycles. The molecule has 2 aromatic rings. The van der Waals surface area contributed by atoms with Crippen LogP contribution in [0.2, 0.25) is 0 Å². The van der Waals surface area contributed by atoms with Gasteiger partial charge in [-0.1, -0.05) is 36.9 Å². The van der Waals surface area contributed by atoms with Crippen molar-refractivity contribution in [2.24, 2.45) is 5.41 Å². The molecule has 0 amide bonds. The summed E-state index contributed by atoms with van der Waals surface area (Å²) < 4.78 is 19.7. The molecule has 0 heterocycles. The standard InChI is InChI=1S/C22H23FO4/c1-13-18(11-22(12-19(22)24)21(26)20(13)25)27-17-8-3-2-6-15(17)9-14-5-4-7-16(23)10-14/h2-8,10,18-21,24-26H,1,9,11-12H2/t18-,19-,20?,21+,22-/m1/s1. The van der Waals surface area contributed by atoms with Crippen molar-refractivity contribution in [2.75, 3.05) is 0 Å². The van der Waals surface area contributed by atoms with Crippen LogP contribution in [0.1, 0.15) is 24.0 Å². The smallest absolute Gasteiger partial charge is 0.123 e. The van der Waals surface area contributed by atoms with Gasteiger partial charge >= 0.3 is 0 Å². The highest BCUT2D eigenvalue weighted by Crippen LogP contribution is 2.57. The fourth-order valence-corrected chi connectivity index (χ4v) is 4.05. The quantitative estimate of drug-likeness (QED) is 0.724. The number of benzene rings is 2. The lowest BCUT2D eigenvalue weighted by Gasteiger charge is -2.39. The molecule has 27 heavy (non-hydrogen) atoms. The molecule has 0 aromatic heterocycles. The average Bonchev–Trinajstić information content (AvgIpc) is 3.30. The molecule has 0 aliphatic heterocycles. The third-order valence-corrected chi connectivity index (χ3v) is 5.85. The normalized spacial score (nSPS) is 32.5. The Balaban J connectivity index is 1.57. The van der Waals surface area contributed by atoms with E-state index in [1.54, 1.807) is 6.07 Å². The van der Waals surface area contributed by atoms with Crippen molar-refractivity contribution in [1.29, 1.82) is 0 Å². The second-order valence-corrected chi connectivity index (χ2v) is 7.64. The summed E-state index contributed by atoms with van der Waals surface area (Å²) in [6, 6.07) is 13.9. The largest absolute Gasteiger partial charge is 0.486 e. The maximum Gasteiger partial charge on any atom is 0.123 e. The van der Waals surface area contributed by atoms with Crippen LogP contribution >= 0.6 is 0 Å². The molecule has 0 bridgehead atoms. The Bertz CT molecular complexity index is 867. The van der Waals surface area contributed by atoms with E-state index in [0.717, 1.165) is 11.1 Å². The second kappa shape index (κ2) is 6.75. The van der Waals surface area contributed by atoms with E-state index in [4.69, 9.17) is 4.74 Å². The summed E-state index contributed by atoms with van der Waals surface area (Å²) in [6.45, 7) is 3.90. The van der Waals surface area contributed by atoms with Crippen LogP contribution in [-0.4, -0.2) is 39.7 Å². The Kier molecular flexibility index (Phi) is 4.54. The molecule has 2 aliphatic carbocycles. The molecule has 5 atom stereocenters. The van der Waals surface area contributed by atoms with Gasteiger partial charge in [-0.05, 0) is 47.7 Å². The van der Waals surface area contributed by atoms with Crippen LogP contribution in [-0.2, 0) is 6.42 Å². The van der Waals surface area contributed by atoms with Gasteiger partial charge in [0.15, 0.2) is 0 Å². The SMILES string of the molecule is C=C1C(O)[C@H](O)[C@@]2(C[C@H]2O)C[C@H]1Oc1ccccc1Cc1cccc(F)c1. The van der Waals surface area contributed by atoms with E-state index in [0.29, 0.717) is 30.6 Å². The van der Waals surface area contributed by atoms with Crippen LogP contribution < -0.4 is 4.74 Å². The fraction of sp³-hybridized carbons (Fsp3) is 0.364. The first kappa shape index (κ1) is 18.2. The fourth-order valence-electron chi connectivity index (χ4n) is 4.05. The molecule has 2 saturated carbocycles. The molecule has 2 fully saturated rings. The lowest BCUT2D eigenvalue weighted by Crippen LogP contribution is -2.49. The van der Waals surface area contributed by atoms with E-state index in [1.165, 1.54) is 12.1 Å². The van der Waals surface area contributed by atoms with Crippen molar-refractivity contribution in [2.45, 2.75) is 43.7 Å². The Morgan fingerprint density at radius 3 is 2.52 bits per heavy atom. The zero-order chi connectivity index (χ0) is 19.2. The summed E-state index contributed by atoms with van der Waals surface area (Å²) in [7, 11) is 0. The van der Waals surface area contributed by atoms with Gasteiger partial charge in [-0.3, -0.25) is 0 Å². The molecule has 0 saturated heterocycles. The number of ether oxygens (including phenoxy) is 1. The summed E-state index contributed by atoms with van der Waals surface area (Å²) in [5, 5.41) is 30.6. The first-order valence-electron chi connectivity index (χ1n) is 9.12. The van der Waals surface area contributed by atoms with Crippen LogP contribution in [0, 0.1) is 11.2 Å². The lowest BCUT2D eigenvalue weighted by atomic mass is 9.77. The number of rotatable bonds is 4. The minimum atomic E-state index is -1.13. The maximum atomic E-state index is 13.5. The summed E-state index contributed by atoms with van der Waals surface area (Å²) in [6.07, 6.45) is -1.94. The van der Waals surface area contributed by atoms with Gasteiger partial charge in [0.2, 0.25) is 0 Å². The molecule has 2 aliphatic rings. The van der Waals surface area contributed by atoms with Crippen LogP contribution in [0.5, 0.6) is 5.75 Å². The van der Waals surface area contributed by atoms with Crippen molar-refractivity contribution in [3.05, 3.63) is 77.6 Å². The maximum absolute atomic E-state index is 13.5. The Morgan fingerprint density at radius 2 is 1.81 bits per heavy atom. The summed E-state index contributed by atoms with van der Waals surface area (Å²) in [5.74, 6) is 0.343. The van der Waals surface area contributed by atoms with E-state index < -0.39 is 29.8 Å². The van der Waals surface area contributed by atoms with Gasteiger partial charge < -0.3 is 20.1 Å². The number of hydrogen-bond donors (Lipinski definition) is 3. The monoisotopic (exact) mass is 370 g/mol. The number of para-hydroxylation sites is 1. The summed E-state index contributed by atoms with van der Waals surface area (Å²) in [4.78, 5) is 0. The van der Waals surface area contributed by atoms with E-state index in [1.807, 2.05) is 30.3 Å². The van der Waals surface area contributed by atoms with Crippen LogP contribution in [0.3, 0.4) is 0 Å². The van der Waals surface area contributed by atoms with Gasteiger partial charge in [-0.15, -0.1) is 0 Å². The lowest BCUT2D eigenvalue weighted by molar-refractivity contribution is -0.0660. The van der Waals surface area contributed by atoms with E-state index in [9.17, 15) is 19.7 Å². The Labute approximate surface area is 157 Å². The minimum Gasteiger partial charge on any atom is -0.486 e. The molecule has 1 spiro atoms. The van der Waals surface area contributed by atoms with Crippen LogP contribution in [0.25, 0.3) is 0 Å². The highest BCUT2D eigenvalue weighted by Gasteiger charge is 2.64. The molecule has 4 nitrogen and oxygen atoms in total. The molecule has 0 radical (unpaired) electrons. The molecule has 4 rings (SSSR count). The zero-order valence-electron chi connectivity index (χ0n) is 14.9. The predicted molar refractivity (Wildman–Crippen MR) is 98.9 cm³/mol. The molecule has 5 heteroatoms. The van der Waals surface area contributed by atoms with Crippen molar-refractivity contribution >= 4 is 0 Å². The van der Waals surface area contributed by atoms with E-state index >= 15 is 0 Å². The topological polar surface area (TPSA) is 69.9 Å². The molecule has 1 unspecified atom stereocenters. The van der Waals surface area contributed by atoms with Gasteiger partial charge in [-0.25, -0.2) is 4.39 Å². The third kappa shape index (κ3) is 3.27. The van der Waals surface area contributed by atoms with Gasteiger partial charge in [0.1, 0.15) is 23.8 Å². The first-order chi connectivity index (χ1) is 12.9. The Hall–Kier alpha value is -2.21. The van der Waals surface area contributed by atoms with Gasteiger partial charge in [0.05, 0.1) is 12.2 Å². The zero-order valence-corrected chi connectivity index (χ0v) is 14.9. The molecular formula is C22H23FO4. The number of aliphatic hydroxyl groups excluding tert-OH is 3. The van der Waals surface area contributed by atoms with Crippen molar-refractivity contribution in [3.63, 3.8) is 0 Å². The van der Waals surface area contributed by atoms with E-state index in [-0.39, 0.29) is 5.82 Å². The second-order valence-electron chi connectivity index (χ2n) is 7.64. The summed E-state index contributed by atoms with van der Waals surface area (Å²) >= 11 is 0. The molecule has 3 N–H and O–H groups in total. The van der Waals surface area contributed by atoms with Gasteiger partial charge in [0.25, 0.3) is 0 Å². The van der Waals surface area contributed by atoms with Crippen LogP contribution in [0.4, 0.5) is 4.39 Å². The first-order valence-corrected chi connectivity index (χ1v) is 9.12. The number of halogens is 1. The van der Waals surface area contributed by atoms with Crippen LogP contribution in [0.15, 0.2) is 60.7 Å². The third-order valence-electron chi connectivity index (χ3n) is 5.85. The van der Waals surface area contributed by atoms with Crippen molar-refractivity contribution < 1.29 is 24.4 Å². The predicted octanol–water partition coefficient (Wildman–Crippen LogP) is 2.60. The average molecular weight is 370 g/mol. The Morgan fingerprint density at radius 1 is 1.07 bits per heavy atom.